The molecule has 29 heavy (non-hydrogen) atoms. The topological polar surface area (TPSA) is 88.7 Å². The summed E-state index contributed by atoms with van der Waals surface area (Å²) in [5.74, 6) is 0.327. The van der Waals surface area contributed by atoms with Gasteiger partial charge in [-0.2, -0.15) is 0 Å². The number of rotatable bonds is 6. The smallest absolute Gasteiger partial charge is 0.276 e. The molecule has 0 saturated carbocycles. The first-order chi connectivity index (χ1) is 13.9. The number of hydrogen-bond acceptors (Lipinski definition) is 5. The maximum absolute atomic E-state index is 11.9. The predicted molar refractivity (Wildman–Crippen MR) is 116 cm³/mol. The summed E-state index contributed by atoms with van der Waals surface area (Å²) in [6, 6.07) is 12.3. The monoisotopic (exact) mass is 433 g/mol. The van der Waals surface area contributed by atoms with Crippen molar-refractivity contribution in [3.05, 3.63) is 64.7 Å². The molecule has 0 radical (unpaired) electrons. The SMILES string of the molecule is COc1ccc(C=CC(=O)NC(=S)NNC(=O)COc2ccc(Cl)c(C)c2)cc1. The van der Waals surface area contributed by atoms with Crippen LogP contribution in [0.15, 0.2) is 48.5 Å². The summed E-state index contributed by atoms with van der Waals surface area (Å²) < 4.78 is 10.4. The van der Waals surface area contributed by atoms with E-state index in [2.05, 4.69) is 16.2 Å². The van der Waals surface area contributed by atoms with Gasteiger partial charge >= 0.3 is 0 Å². The lowest BCUT2D eigenvalue weighted by atomic mass is 10.2. The van der Waals surface area contributed by atoms with Gasteiger partial charge in [0.15, 0.2) is 11.7 Å². The van der Waals surface area contributed by atoms with Crippen LogP contribution in [0.5, 0.6) is 11.5 Å². The molecule has 0 fully saturated rings. The van der Waals surface area contributed by atoms with Gasteiger partial charge in [0.05, 0.1) is 7.11 Å². The Hall–Kier alpha value is -3.10. The summed E-state index contributed by atoms with van der Waals surface area (Å²) in [6.45, 7) is 1.60. The van der Waals surface area contributed by atoms with Crippen LogP contribution in [0.2, 0.25) is 5.02 Å². The van der Waals surface area contributed by atoms with E-state index in [1.807, 2.05) is 19.1 Å². The number of benzene rings is 2. The fourth-order valence-corrected chi connectivity index (χ4v) is 2.36. The average molecular weight is 434 g/mol. The molecule has 2 aromatic rings. The fourth-order valence-electron chi connectivity index (χ4n) is 2.09. The molecule has 0 heterocycles. The molecular formula is C20H20ClN3O4S. The van der Waals surface area contributed by atoms with Gasteiger partial charge in [0, 0.05) is 11.1 Å². The van der Waals surface area contributed by atoms with Gasteiger partial charge in [-0.1, -0.05) is 23.7 Å². The Balaban J connectivity index is 1.70. The first-order valence-corrected chi connectivity index (χ1v) is 9.27. The van der Waals surface area contributed by atoms with Crippen LogP contribution in [0.3, 0.4) is 0 Å². The quantitative estimate of drug-likeness (QED) is 0.369. The third-order valence-electron chi connectivity index (χ3n) is 3.59. The number of methoxy groups -OCH3 is 1. The highest BCUT2D eigenvalue weighted by Gasteiger charge is 2.06. The highest BCUT2D eigenvalue weighted by Crippen LogP contribution is 2.20. The second-order valence-corrected chi connectivity index (χ2v) is 6.61. The van der Waals surface area contributed by atoms with Crippen molar-refractivity contribution in [1.29, 1.82) is 0 Å². The highest BCUT2D eigenvalue weighted by molar-refractivity contribution is 7.80. The van der Waals surface area contributed by atoms with Crippen LogP contribution in [0, 0.1) is 6.92 Å². The highest BCUT2D eigenvalue weighted by atomic mass is 35.5. The molecule has 7 nitrogen and oxygen atoms in total. The van der Waals surface area contributed by atoms with E-state index in [0.29, 0.717) is 10.8 Å². The zero-order valence-electron chi connectivity index (χ0n) is 15.8. The summed E-state index contributed by atoms with van der Waals surface area (Å²) >= 11 is 10.9. The Labute approximate surface area is 179 Å². The number of nitrogens with one attached hydrogen (secondary N) is 3. The summed E-state index contributed by atoms with van der Waals surface area (Å²) in [5, 5.41) is 2.98. The van der Waals surface area contributed by atoms with Gasteiger partial charge in [-0.15, -0.1) is 0 Å². The van der Waals surface area contributed by atoms with Gasteiger partial charge in [0.2, 0.25) is 5.91 Å². The van der Waals surface area contributed by atoms with Crippen molar-refractivity contribution >= 4 is 46.8 Å². The lowest BCUT2D eigenvalue weighted by Gasteiger charge is -2.11. The first kappa shape index (κ1) is 22.2. The van der Waals surface area contributed by atoms with E-state index in [9.17, 15) is 9.59 Å². The molecule has 0 aliphatic heterocycles. The maximum Gasteiger partial charge on any atom is 0.276 e. The van der Waals surface area contributed by atoms with Gasteiger partial charge < -0.3 is 9.47 Å². The molecule has 0 aliphatic rings. The minimum atomic E-state index is -0.469. The number of carbonyl (C=O) groups excluding carboxylic acids is 2. The van der Waals surface area contributed by atoms with E-state index in [4.69, 9.17) is 33.3 Å². The summed E-state index contributed by atoms with van der Waals surface area (Å²) in [6.07, 6.45) is 2.95. The van der Waals surface area contributed by atoms with Gasteiger partial charge in [0.1, 0.15) is 11.5 Å². The molecule has 2 amide bonds. The molecular weight excluding hydrogens is 414 g/mol. The van der Waals surface area contributed by atoms with E-state index >= 15 is 0 Å². The van der Waals surface area contributed by atoms with Crippen LogP contribution in [-0.2, 0) is 9.59 Å². The normalized spacial score (nSPS) is 10.3. The summed E-state index contributed by atoms with van der Waals surface area (Å²) in [7, 11) is 1.58. The van der Waals surface area contributed by atoms with Crippen molar-refractivity contribution < 1.29 is 19.1 Å². The van der Waals surface area contributed by atoms with Crippen LogP contribution in [-0.4, -0.2) is 30.6 Å². The Kier molecular flexibility index (Phi) is 8.45. The number of carbonyl (C=O) groups is 2. The zero-order chi connectivity index (χ0) is 21.2. The van der Waals surface area contributed by atoms with E-state index < -0.39 is 11.8 Å². The number of halogens is 1. The van der Waals surface area contributed by atoms with Crippen molar-refractivity contribution in [3.8, 4) is 11.5 Å². The lowest BCUT2D eigenvalue weighted by Crippen LogP contribution is -2.49. The van der Waals surface area contributed by atoms with Gasteiger partial charge in [-0.05, 0) is 66.7 Å². The van der Waals surface area contributed by atoms with Crippen LogP contribution in [0.1, 0.15) is 11.1 Å². The third-order valence-corrected chi connectivity index (χ3v) is 4.22. The molecule has 2 rings (SSSR count). The minimum Gasteiger partial charge on any atom is -0.497 e. The second kappa shape index (κ2) is 11.0. The number of thiocarbonyl (C=S) groups is 1. The number of aryl methyl sites for hydroxylation is 1. The Morgan fingerprint density at radius 2 is 1.79 bits per heavy atom. The molecule has 2 aromatic carbocycles. The van der Waals surface area contributed by atoms with Crippen LogP contribution in [0.4, 0.5) is 0 Å². The van der Waals surface area contributed by atoms with E-state index in [-0.39, 0.29) is 11.7 Å². The van der Waals surface area contributed by atoms with Crippen molar-refractivity contribution in [1.82, 2.24) is 16.2 Å². The zero-order valence-corrected chi connectivity index (χ0v) is 17.4. The van der Waals surface area contributed by atoms with Crippen LogP contribution in [0.25, 0.3) is 6.08 Å². The molecule has 3 N–H and O–H groups in total. The number of ether oxygens (including phenoxy) is 2. The molecule has 0 unspecified atom stereocenters. The van der Waals surface area contributed by atoms with E-state index in [1.54, 1.807) is 43.5 Å². The largest absolute Gasteiger partial charge is 0.497 e. The molecule has 0 saturated heterocycles. The second-order valence-electron chi connectivity index (χ2n) is 5.80. The van der Waals surface area contributed by atoms with Gasteiger partial charge in [-0.3, -0.25) is 25.8 Å². The van der Waals surface area contributed by atoms with Crippen LogP contribution >= 0.6 is 23.8 Å². The van der Waals surface area contributed by atoms with Gasteiger partial charge in [-0.25, -0.2) is 0 Å². The number of hydrogen-bond donors (Lipinski definition) is 3. The fraction of sp³-hybridized carbons (Fsp3) is 0.150. The Morgan fingerprint density at radius 1 is 1.10 bits per heavy atom. The standard InChI is InChI=1S/C20H20ClN3O4S/c1-13-11-16(8-9-17(13)21)28-12-19(26)23-24-20(29)22-18(25)10-5-14-3-6-15(27-2)7-4-14/h3-11H,12H2,1-2H3,(H,23,26)(H2,22,24,25,29). The molecule has 0 spiro atoms. The summed E-state index contributed by atoms with van der Waals surface area (Å²) in [4.78, 5) is 23.7. The molecule has 152 valence electrons. The maximum atomic E-state index is 11.9. The van der Waals surface area contributed by atoms with Crippen molar-refractivity contribution in [3.63, 3.8) is 0 Å². The van der Waals surface area contributed by atoms with Gasteiger partial charge in [0.25, 0.3) is 5.91 Å². The number of hydrazine groups is 1. The first-order valence-electron chi connectivity index (χ1n) is 8.48. The molecule has 0 bridgehead atoms. The molecule has 0 aromatic heterocycles. The Morgan fingerprint density at radius 3 is 2.45 bits per heavy atom. The number of amides is 2. The third kappa shape index (κ3) is 7.81. The Bertz CT molecular complexity index is 916. The van der Waals surface area contributed by atoms with Crippen molar-refractivity contribution in [2.75, 3.05) is 13.7 Å². The van der Waals surface area contributed by atoms with Crippen molar-refractivity contribution in [2.45, 2.75) is 6.92 Å². The van der Waals surface area contributed by atoms with Crippen LogP contribution < -0.4 is 25.6 Å². The summed E-state index contributed by atoms with van der Waals surface area (Å²) in [5.41, 5.74) is 6.43. The molecule has 0 atom stereocenters. The lowest BCUT2D eigenvalue weighted by molar-refractivity contribution is -0.123. The van der Waals surface area contributed by atoms with E-state index in [0.717, 1.165) is 16.9 Å². The molecule has 9 heteroatoms. The predicted octanol–water partition coefficient (Wildman–Crippen LogP) is 2.77. The van der Waals surface area contributed by atoms with E-state index in [1.165, 1.54) is 6.08 Å². The van der Waals surface area contributed by atoms with Crippen molar-refractivity contribution in [2.24, 2.45) is 0 Å². The average Bonchev–Trinajstić information content (AvgIpc) is 2.72. The minimum absolute atomic E-state index is 0.0509. The molecule has 0 aliphatic carbocycles.